The number of pyridine rings is 1. The van der Waals surface area contributed by atoms with E-state index in [0.29, 0.717) is 17.4 Å². The fourth-order valence-corrected chi connectivity index (χ4v) is 1.56. The lowest BCUT2D eigenvalue weighted by Crippen LogP contribution is -1.88. The summed E-state index contributed by atoms with van der Waals surface area (Å²) < 4.78 is 5.80. The van der Waals surface area contributed by atoms with Gasteiger partial charge in [-0.1, -0.05) is 5.16 Å². The third-order valence-corrected chi connectivity index (χ3v) is 2.58. The van der Waals surface area contributed by atoms with Gasteiger partial charge < -0.3 is 4.52 Å². The van der Waals surface area contributed by atoms with Crippen LogP contribution in [-0.2, 0) is 0 Å². The van der Waals surface area contributed by atoms with E-state index in [1.54, 1.807) is 13.1 Å². The van der Waals surface area contributed by atoms with E-state index in [2.05, 4.69) is 31.1 Å². The Morgan fingerprint density at radius 1 is 1.53 bits per heavy atom. The maximum Gasteiger partial charge on any atom is 0.244 e. The van der Waals surface area contributed by atoms with Crippen molar-refractivity contribution in [1.82, 2.24) is 15.1 Å². The van der Waals surface area contributed by atoms with Gasteiger partial charge in [0.1, 0.15) is 11.1 Å². The molecule has 6 heteroatoms. The van der Waals surface area contributed by atoms with E-state index in [9.17, 15) is 0 Å². The maximum absolute atomic E-state index is 5.82. The van der Waals surface area contributed by atoms with Gasteiger partial charge >= 0.3 is 0 Å². The average Bonchev–Trinajstić information content (AvgIpc) is 2.67. The second kappa shape index (κ2) is 4.28. The molecular weight excluding hydrogens is 281 g/mol. The Morgan fingerprint density at radius 2 is 2.33 bits per heavy atom. The van der Waals surface area contributed by atoms with Crippen LogP contribution in [0.2, 0.25) is 0 Å². The topological polar surface area (TPSA) is 51.8 Å². The van der Waals surface area contributed by atoms with E-state index in [1.807, 2.05) is 12.1 Å². The first-order valence-corrected chi connectivity index (χ1v) is 5.50. The molecule has 2 aromatic rings. The van der Waals surface area contributed by atoms with Crippen LogP contribution in [0.4, 0.5) is 0 Å². The normalized spacial score (nSPS) is 12.7. The zero-order valence-corrected chi connectivity index (χ0v) is 10.2. The quantitative estimate of drug-likeness (QED) is 0.796. The molecule has 2 heterocycles. The van der Waals surface area contributed by atoms with E-state index in [0.717, 1.165) is 4.47 Å². The minimum Gasteiger partial charge on any atom is -0.337 e. The molecule has 0 N–H and O–H groups in total. The molecule has 0 spiro atoms. The molecule has 0 radical (unpaired) electrons. The first kappa shape index (κ1) is 10.6. The number of aromatic nitrogens is 3. The summed E-state index contributed by atoms with van der Waals surface area (Å²) in [7, 11) is 0. The molecular formula is C9H7BrClN3O. The fraction of sp³-hybridized carbons (Fsp3) is 0.222. The molecule has 0 bridgehead atoms. The summed E-state index contributed by atoms with van der Waals surface area (Å²) in [4.78, 5) is 8.28. The number of halogens is 2. The van der Waals surface area contributed by atoms with Gasteiger partial charge in [0.25, 0.3) is 0 Å². The highest BCUT2D eigenvalue weighted by Gasteiger charge is 2.15. The summed E-state index contributed by atoms with van der Waals surface area (Å²) in [5.41, 5.74) is 0.643. The monoisotopic (exact) mass is 287 g/mol. The van der Waals surface area contributed by atoms with Gasteiger partial charge in [-0.2, -0.15) is 4.98 Å². The molecule has 2 aromatic heterocycles. The van der Waals surface area contributed by atoms with Gasteiger partial charge in [-0.05, 0) is 35.0 Å². The van der Waals surface area contributed by atoms with Crippen LogP contribution in [0.3, 0.4) is 0 Å². The standard InChI is InChI=1S/C9H7BrClN3O/c1-5(11)9-13-8(14-15-9)7-6(10)3-2-4-12-7/h2-5H,1H3. The van der Waals surface area contributed by atoms with Crippen LogP contribution in [0.15, 0.2) is 27.3 Å². The third-order valence-electron chi connectivity index (χ3n) is 1.75. The van der Waals surface area contributed by atoms with E-state index in [4.69, 9.17) is 16.1 Å². The van der Waals surface area contributed by atoms with Gasteiger partial charge in [-0.25, -0.2) is 0 Å². The van der Waals surface area contributed by atoms with Gasteiger partial charge in [0, 0.05) is 10.7 Å². The van der Waals surface area contributed by atoms with Crippen LogP contribution in [0.5, 0.6) is 0 Å². The first-order valence-electron chi connectivity index (χ1n) is 4.27. The molecule has 0 aromatic carbocycles. The summed E-state index contributed by atoms with van der Waals surface area (Å²) in [6.07, 6.45) is 1.67. The lowest BCUT2D eigenvalue weighted by atomic mass is 10.3. The minimum absolute atomic E-state index is 0.297. The summed E-state index contributed by atoms with van der Waals surface area (Å²) in [6.45, 7) is 1.77. The Hall–Kier alpha value is -0.940. The number of nitrogens with zero attached hydrogens (tertiary/aromatic N) is 3. The van der Waals surface area contributed by atoms with Crippen LogP contribution in [0, 0.1) is 0 Å². The van der Waals surface area contributed by atoms with Crippen molar-refractivity contribution >= 4 is 27.5 Å². The zero-order valence-electron chi connectivity index (χ0n) is 7.82. The van der Waals surface area contributed by atoms with Crippen molar-refractivity contribution in [2.24, 2.45) is 0 Å². The highest BCUT2D eigenvalue weighted by atomic mass is 79.9. The lowest BCUT2D eigenvalue weighted by molar-refractivity contribution is 0.379. The lowest BCUT2D eigenvalue weighted by Gasteiger charge is -1.95. The number of hydrogen-bond donors (Lipinski definition) is 0. The number of rotatable bonds is 2. The van der Waals surface area contributed by atoms with Crippen LogP contribution in [0.25, 0.3) is 11.5 Å². The van der Waals surface area contributed by atoms with E-state index in [-0.39, 0.29) is 5.38 Å². The Balaban J connectivity index is 2.42. The molecule has 0 saturated heterocycles. The summed E-state index contributed by atoms with van der Waals surface area (Å²) in [6, 6.07) is 3.68. The van der Waals surface area contributed by atoms with Crippen molar-refractivity contribution < 1.29 is 4.52 Å². The van der Waals surface area contributed by atoms with E-state index < -0.39 is 0 Å². The second-order valence-electron chi connectivity index (χ2n) is 2.91. The van der Waals surface area contributed by atoms with Gasteiger partial charge in [0.15, 0.2) is 0 Å². The van der Waals surface area contributed by atoms with Crippen molar-refractivity contribution in [2.75, 3.05) is 0 Å². The van der Waals surface area contributed by atoms with Crippen LogP contribution < -0.4 is 0 Å². The highest BCUT2D eigenvalue weighted by Crippen LogP contribution is 2.25. The SMILES string of the molecule is CC(Cl)c1nc(-c2ncccc2Br)no1. The Bertz CT molecular complexity index is 472. The molecule has 0 saturated carbocycles. The van der Waals surface area contributed by atoms with E-state index in [1.165, 1.54) is 0 Å². The second-order valence-corrected chi connectivity index (χ2v) is 4.42. The van der Waals surface area contributed by atoms with Crippen molar-refractivity contribution in [1.29, 1.82) is 0 Å². The summed E-state index contributed by atoms with van der Waals surface area (Å²) in [5.74, 6) is 0.828. The predicted molar refractivity (Wildman–Crippen MR) is 59.5 cm³/mol. The van der Waals surface area contributed by atoms with Crippen molar-refractivity contribution in [3.8, 4) is 11.5 Å². The zero-order chi connectivity index (χ0) is 10.8. The molecule has 2 rings (SSSR count). The largest absolute Gasteiger partial charge is 0.337 e. The Labute approximate surface area is 99.8 Å². The van der Waals surface area contributed by atoms with Crippen LogP contribution in [0.1, 0.15) is 18.2 Å². The molecule has 15 heavy (non-hydrogen) atoms. The van der Waals surface area contributed by atoms with E-state index >= 15 is 0 Å². The molecule has 4 nitrogen and oxygen atoms in total. The Morgan fingerprint density at radius 3 is 2.93 bits per heavy atom. The number of hydrogen-bond acceptors (Lipinski definition) is 4. The molecule has 1 atom stereocenters. The van der Waals surface area contributed by atoms with Gasteiger partial charge in [0.2, 0.25) is 11.7 Å². The van der Waals surface area contributed by atoms with Crippen LogP contribution in [-0.4, -0.2) is 15.1 Å². The highest BCUT2D eigenvalue weighted by molar-refractivity contribution is 9.10. The fourth-order valence-electron chi connectivity index (χ4n) is 1.04. The smallest absolute Gasteiger partial charge is 0.244 e. The van der Waals surface area contributed by atoms with Crippen molar-refractivity contribution in [3.63, 3.8) is 0 Å². The summed E-state index contributed by atoms with van der Waals surface area (Å²) >= 11 is 9.18. The van der Waals surface area contributed by atoms with Gasteiger partial charge in [-0.15, -0.1) is 11.6 Å². The van der Waals surface area contributed by atoms with Gasteiger partial charge in [0.05, 0.1) is 0 Å². The average molecular weight is 289 g/mol. The molecule has 78 valence electrons. The van der Waals surface area contributed by atoms with Crippen molar-refractivity contribution in [2.45, 2.75) is 12.3 Å². The van der Waals surface area contributed by atoms with Crippen LogP contribution >= 0.6 is 27.5 Å². The minimum atomic E-state index is -0.297. The predicted octanol–water partition coefficient (Wildman–Crippen LogP) is 3.19. The van der Waals surface area contributed by atoms with Gasteiger partial charge in [-0.3, -0.25) is 4.98 Å². The van der Waals surface area contributed by atoms with Crippen molar-refractivity contribution in [3.05, 3.63) is 28.7 Å². The molecule has 0 aliphatic carbocycles. The first-order chi connectivity index (χ1) is 7.18. The third kappa shape index (κ3) is 2.18. The molecule has 0 amide bonds. The molecule has 0 aliphatic rings. The maximum atomic E-state index is 5.82. The molecule has 1 unspecified atom stereocenters. The molecule has 0 fully saturated rings. The summed E-state index contributed by atoms with van der Waals surface area (Å²) in [5, 5.41) is 3.51. The number of alkyl halides is 1. The Kier molecular flexibility index (Phi) is 3.02. The molecule has 0 aliphatic heterocycles.